The summed E-state index contributed by atoms with van der Waals surface area (Å²) in [6.07, 6.45) is 1.99. The fourth-order valence-corrected chi connectivity index (χ4v) is 3.16. The normalized spacial score (nSPS) is 11.2. The minimum atomic E-state index is 0.961. The van der Waals surface area contributed by atoms with Crippen LogP contribution in [-0.2, 0) is 6.42 Å². The summed E-state index contributed by atoms with van der Waals surface area (Å²) < 4.78 is 0. The van der Waals surface area contributed by atoms with Gasteiger partial charge in [0, 0.05) is 0 Å². The SMILES string of the molecule is CC.CC/C(=C(/Cc1ccc(C)cc1)c1ccccc1)c1ccccc1. The fraction of sp³-hybridized carbons (Fsp3) is 0.231. The molecule has 26 heavy (non-hydrogen) atoms. The summed E-state index contributed by atoms with van der Waals surface area (Å²) in [6.45, 7) is 8.39. The second-order valence-electron chi connectivity index (χ2n) is 6.21. The molecular formula is C26H30. The van der Waals surface area contributed by atoms with Crippen molar-refractivity contribution in [2.24, 2.45) is 0 Å². The molecular weight excluding hydrogens is 312 g/mol. The van der Waals surface area contributed by atoms with Crippen molar-refractivity contribution in [2.45, 2.75) is 40.5 Å². The van der Waals surface area contributed by atoms with Gasteiger partial charge < -0.3 is 0 Å². The lowest BCUT2D eigenvalue weighted by atomic mass is 9.88. The maximum Gasteiger partial charge on any atom is -0.00169 e. The number of benzene rings is 3. The summed E-state index contributed by atoms with van der Waals surface area (Å²) in [7, 11) is 0. The smallest absolute Gasteiger partial charge is 0.00169 e. The zero-order valence-corrected chi connectivity index (χ0v) is 16.5. The molecule has 3 rings (SSSR count). The van der Waals surface area contributed by atoms with Gasteiger partial charge in [-0.05, 0) is 47.6 Å². The highest BCUT2D eigenvalue weighted by molar-refractivity contribution is 5.91. The van der Waals surface area contributed by atoms with Gasteiger partial charge in [-0.15, -0.1) is 0 Å². The standard InChI is InChI=1S/C24H24.C2H6/c1-3-23(21-10-6-4-7-11-21)24(22-12-8-5-9-13-22)18-20-16-14-19(2)15-17-20;1-2/h4-17H,3,18H2,1-2H3;1-2H3/b24-23+;. The summed E-state index contributed by atoms with van der Waals surface area (Å²) in [6, 6.07) is 30.5. The fourth-order valence-electron chi connectivity index (χ4n) is 3.16. The van der Waals surface area contributed by atoms with E-state index in [0.717, 1.165) is 12.8 Å². The van der Waals surface area contributed by atoms with E-state index in [4.69, 9.17) is 0 Å². The Kier molecular flexibility index (Phi) is 7.89. The first-order chi connectivity index (χ1) is 12.8. The molecule has 0 saturated heterocycles. The zero-order chi connectivity index (χ0) is 18.8. The van der Waals surface area contributed by atoms with Crippen LogP contribution in [0.2, 0.25) is 0 Å². The van der Waals surface area contributed by atoms with E-state index in [1.165, 1.54) is 33.4 Å². The Morgan fingerprint density at radius 1 is 0.615 bits per heavy atom. The number of hydrogen-bond acceptors (Lipinski definition) is 0. The molecule has 0 aliphatic rings. The van der Waals surface area contributed by atoms with Crippen LogP contribution in [0.3, 0.4) is 0 Å². The van der Waals surface area contributed by atoms with Gasteiger partial charge in [0.2, 0.25) is 0 Å². The summed E-state index contributed by atoms with van der Waals surface area (Å²) in [4.78, 5) is 0. The van der Waals surface area contributed by atoms with Crippen molar-refractivity contribution in [3.63, 3.8) is 0 Å². The lowest BCUT2D eigenvalue weighted by Crippen LogP contribution is -1.97. The zero-order valence-electron chi connectivity index (χ0n) is 16.5. The third-order valence-corrected chi connectivity index (χ3v) is 4.46. The quantitative estimate of drug-likeness (QED) is 0.419. The van der Waals surface area contributed by atoms with Crippen molar-refractivity contribution in [1.82, 2.24) is 0 Å². The van der Waals surface area contributed by atoms with Gasteiger partial charge in [-0.3, -0.25) is 0 Å². The van der Waals surface area contributed by atoms with E-state index in [-0.39, 0.29) is 0 Å². The van der Waals surface area contributed by atoms with Crippen molar-refractivity contribution in [3.05, 3.63) is 107 Å². The maximum absolute atomic E-state index is 2.25. The average Bonchev–Trinajstić information content (AvgIpc) is 2.72. The number of hydrogen-bond donors (Lipinski definition) is 0. The van der Waals surface area contributed by atoms with Crippen LogP contribution in [0.15, 0.2) is 84.9 Å². The molecule has 0 heteroatoms. The summed E-state index contributed by atoms with van der Waals surface area (Å²) in [5.74, 6) is 0. The Bertz CT molecular complexity index is 794. The van der Waals surface area contributed by atoms with E-state index >= 15 is 0 Å². The summed E-state index contributed by atoms with van der Waals surface area (Å²) in [5.41, 5.74) is 8.17. The molecule has 0 saturated carbocycles. The highest BCUT2D eigenvalue weighted by atomic mass is 14.2. The third kappa shape index (κ3) is 5.20. The van der Waals surface area contributed by atoms with Gasteiger partial charge in [-0.1, -0.05) is 111 Å². The van der Waals surface area contributed by atoms with Crippen LogP contribution in [0.25, 0.3) is 11.1 Å². The van der Waals surface area contributed by atoms with E-state index < -0.39 is 0 Å². The lowest BCUT2D eigenvalue weighted by Gasteiger charge is -2.16. The first-order valence-electron chi connectivity index (χ1n) is 9.66. The van der Waals surface area contributed by atoms with Gasteiger partial charge >= 0.3 is 0 Å². The van der Waals surface area contributed by atoms with Crippen LogP contribution < -0.4 is 0 Å². The van der Waals surface area contributed by atoms with Crippen LogP contribution >= 0.6 is 0 Å². The van der Waals surface area contributed by atoms with Gasteiger partial charge in [0.05, 0.1) is 0 Å². The van der Waals surface area contributed by atoms with Gasteiger partial charge in [-0.25, -0.2) is 0 Å². The Labute approximate surface area is 159 Å². The van der Waals surface area contributed by atoms with Gasteiger partial charge in [0.1, 0.15) is 0 Å². The largest absolute Gasteiger partial charge is 0.0683 e. The maximum atomic E-state index is 2.25. The molecule has 0 N–H and O–H groups in total. The van der Waals surface area contributed by atoms with Crippen LogP contribution in [0.1, 0.15) is 49.4 Å². The Morgan fingerprint density at radius 3 is 1.54 bits per heavy atom. The summed E-state index contributed by atoms with van der Waals surface area (Å²) in [5, 5.41) is 0. The van der Waals surface area contributed by atoms with E-state index in [1.54, 1.807) is 0 Å². The van der Waals surface area contributed by atoms with E-state index in [2.05, 4.69) is 98.8 Å². The Morgan fingerprint density at radius 2 is 1.08 bits per heavy atom. The average molecular weight is 343 g/mol. The van der Waals surface area contributed by atoms with Crippen molar-refractivity contribution in [1.29, 1.82) is 0 Å². The molecule has 0 bridgehead atoms. The first-order valence-corrected chi connectivity index (χ1v) is 9.66. The predicted octanol–water partition coefficient (Wildman–Crippen LogP) is 7.58. The van der Waals surface area contributed by atoms with Crippen LogP contribution in [-0.4, -0.2) is 0 Å². The van der Waals surface area contributed by atoms with Crippen LogP contribution in [0.5, 0.6) is 0 Å². The molecule has 0 aliphatic carbocycles. The van der Waals surface area contributed by atoms with E-state index in [1.807, 2.05) is 13.8 Å². The van der Waals surface area contributed by atoms with Crippen molar-refractivity contribution in [3.8, 4) is 0 Å². The molecule has 134 valence electrons. The summed E-state index contributed by atoms with van der Waals surface area (Å²) >= 11 is 0. The van der Waals surface area contributed by atoms with Crippen LogP contribution in [0, 0.1) is 6.92 Å². The molecule has 0 amide bonds. The van der Waals surface area contributed by atoms with Gasteiger partial charge in [0.15, 0.2) is 0 Å². The minimum Gasteiger partial charge on any atom is -0.0683 e. The Balaban J connectivity index is 0.00000117. The lowest BCUT2D eigenvalue weighted by molar-refractivity contribution is 1.20. The second kappa shape index (κ2) is 10.4. The molecule has 0 aliphatic heterocycles. The molecule has 3 aromatic rings. The molecule has 0 heterocycles. The molecule has 3 aromatic carbocycles. The van der Waals surface area contributed by atoms with Crippen molar-refractivity contribution in [2.75, 3.05) is 0 Å². The van der Waals surface area contributed by atoms with E-state index in [9.17, 15) is 0 Å². The Hall–Kier alpha value is -2.60. The molecule has 0 radical (unpaired) electrons. The predicted molar refractivity (Wildman–Crippen MR) is 116 cm³/mol. The molecule has 0 unspecified atom stereocenters. The van der Waals surface area contributed by atoms with E-state index in [0.29, 0.717) is 0 Å². The van der Waals surface area contributed by atoms with Gasteiger partial charge in [0.25, 0.3) is 0 Å². The van der Waals surface area contributed by atoms with Crippen LogP contribution in [0.4, 0.5) is 0 Å². The minimum absolute atomic E-state index is 0.961. The molecule has 0 fully saturated rings. The second-order valence-corrected chi connectivity index (χ2v) is 6.21. The molecule has 0 aromatic heterocycles. The highest BCUT2D eigenvalue weighted by Crippen LogP contribution is 2.31. The molecule has 0 spiro atoms. The van der Waals surface area contributed by atoms with Gasteiger partial charge in [-0.2, -0.15) is 0 Å². The van der Waals surface area contributed by atoms with Crippen molar-refractivity contribution < 1.29 is 0 Å². The number of rotatable bonds is 5. The van der Waals surface area contributed by atoms with Crippen molar-refractivity contribution >= 4 is 11.1 Å². The molecule has 0 nitrogen and oxygen atoms in total. The molecule has 0 atom stereocenters. The highest BCUT2D eigenvalue weighted by Gasteiger charge is 2.11. The number of allylic oxidation sites excluding steroid dienone is 2. The number of aryl methyl sites for hydroxylation is 1. The third-order valence-electron chi connectivity index (χ3n) is 4.46. The first kappa shape index (κ1) is 19.7. The topological polar surface area (TPSA) is 0 Å². The monoisotopic (exact) mass is 342 g/mol.